The molecular weight excluding hydrogens is 156 g/mol. The lowest BCUT2D eigenvalue weighted by Gasteiger charge is -2.27. The van der Waals surface area contributed by atoms with Crippen LogP contribution in [0.25, 0.3) is 0 Å². The van der Waals surface area contributed by atoms with Gasteiger partial charge in [-0.3, -0.25) is 0 Å². The Hall–Kier alpha value is 0.130. The van der Waals surface area contributed by atoms with Crippen LogP contribution in [0.4, 0.5) is 0 Å². The molecule has 5 heteroatoms. The van der Waals surface area contributed by atoms with Gasteiger partial charge in [-0.15, -0.1) is 11.6 Å². The van der Waals surface area contributed by atoms with Crippen LogP contribution in [0, 0.1) is 0 Å². The van der Waals surface area contributed by atoms with E-state index >= 15 is 0 Å². The number of hydroxylamine groups is 1. The summed E-state index contributed by atoms with van der Waals surface area (Å²) in [4.78, 5) is 4.61. The van der Waals surface area contributed by atoms with Crippen molar-refractivity contribution in [2.24, 2.45) is 5.73 Å². The summed E-state index contributed by atoms with van der Waals surface area (Å²) in [6.07, 6.45) is 0. The molecule has 0 unspecified atom stereocenters. The number of alkyl halides is 1. The maximum absolute atomic E-state index is 8.80. The molecule has 0 aliphatic heterocycles. The Morgan fingerprint density at radius 1 is 1.80 bits per heavy atom. The smallest absolute Gasteiger partial charge is 0.0918 e. The molecule has 0 aliphatic rings. The lowest BCUT2D eigenvalue weighted by Crippen LogP contribution is -2.55. The van der Waals surface area contributed by atoms with Crippen molar-refractivity contribution >= 4 is 11.6 Å². The van der Waals surface area contributed by atoms with Crippen LogP contribution in [0.5, 0.6) is 0 Å². The number of halogens is 1. The summed E-state index contributed by atoms with van der Waals surface area (Å²) in [7, 11) is 1.45. The maximum Gasteiger partial charge on any atom is 0.0918 e. The van der Waals surface area contributed by atoms with Crippen LogP contribution in [0.15, 0.2) is 0 Å². The van der Waals surface area contributed by atoms with Gasteiger partial charge in [0, 0.05) is 12.4 Å². The molecule has 0 fully saturated rings. The van der Waals surface area contributed by atoms with Crippen LogP contribution in [-0.2, 0) is 4.84 Å². The van der Waals surface area contributed by atoms with Gasteiger partial charge in [0.05, 0.1) is 19.3 Å². The molecule has 62 valence electrons. The maximum atomic E-state index is 8.80. The van der Waals surface area contributed by atoms with Crippen LogP contribution in [0.2, 0.25) is 0 Å². The highest BCUT2D eigenvalue weighted by molar-refractivity contribution is 6.18. The topological polar surface area (TPSA) is 67.5 Å². The average Bonchev–Trinajstić information content (AvgIpc) is 2.01. The Balaban J connectivity index is 3.87. The molecular formula is C5H13ClN2O2. The van der Waals surface area contributed by atoms with E-state index in [1.165, 1.54) is 7.11 Å². The van der Waals surface area contributed by atoms with E-state index in [2.05, 4.69) is 10.3 Å². The molecule has 10 heavy (non-hydrogen) atoms. The number of hydrogen-bond donors (Lipinski definition) is 3. The molecule has 0 spiro atoms. The van der Waals surface area contributed by atoms with Gasteiger partial charge < -0.3 is 15.7 Å². The van der Waals surface area contributed by atoms with Crippen molar-refractivity contribution in [3.63, 3.8) is 0 Å². The molecule has 0 saturated heterocycles. The van der Waals surface area contributed by atoms with E-state index in [4.69, 9.17) is 22.4 Å². The Kier molecular flexibility index (Phi) is 4.93. The molecule has 0 aromatic rings. The van der Waals surface area contributed by atoms with Crippen LogP contribution in [0.1, 0.15) is 0 Å². The second-order valence-corrected chi connectivity index (χ2v) is 2.35. The van der Waals surface area contributed by atoms with Gasteiger partial charge in [0.15, 0.2) is 0 Å². The minimum absolute atomic E-state index is 0.138. The summed E-state index contributed by atoms with van der Waals surface area (Å²) in [6.45, 7) is 0.0989. The number of hydrogen-bond acceptors (Lipinski definition) is 4. The van der Waals surface area contributed by atoms with Crippen LogP contribution in [-0.4, -0.2) is 36.8 Å². The fourth-order valence-electron chi connectivity index (χ4n) is 0.479. The van der Waals surface area contributed by atoms with Crippen molar-refractivity contribution in [3.8, 4) is 0 Å². The molecule has 0 aromatic heterocycles. The van der Waals surface area contributed by atoms with E-state index in [0.717, 1.165) is 0 Å². The molecule has 0 bridgehead atoms. The molecule has 1 atom stereocenters. The third-order valence-corrected chi connectivity index (χ3v) is 1.78. The number of nitrogens with one attached hydrogen (secondary N) is 1. The van der Waals surface area contributed by atoms with E-state index in [1.54, 1.807) is 0 Å². The van der Waals surface area contributed by atoms with Gasteiger partial charge >= 0.3 is 0 Å². The minimum Gasteiger partial charge on any atom is -0.394 e. The fraction of sp³-hybridized carbons (Fsp3) is 1.00. The van der Waals surface area contributed by atoms with Gasteiger partial charge in [0.2, 0.25) is 0 Å². The summed E-state index contributed by atoms with van der Waals surface area (Å²) >= 11 is 5.52. The molecule has 0 amide bonds. The largest absolute Gasteiger partial charge is 0.394 e. The SMILES string of the molecule is CON[C@@](CN)(CO)CCl. The van der Waals surface area contributed by atoms with E-state index in [9.17, 15) is 0 Å². The lowest BCUT2D eigenvalue weighted by atomic mass is 10.1. The summed E-state index contributed by atoms with van der Waals surface area (Å²) in [5, 5.41) is 8.80. The first-order chi connectivity index (χ1) is 4.74. The number of aliphatic hydroxyl groups is 1. The first-order valence-corrected chi connectivity index (χ1v) is 3.45. The molecule has 4 nitrogen and oxygen atoms in total. The summed E-state index contributed by atoms with van der Waals surface area (Å²) in [5.74, 6) is 0.216. The Labute approximate surface area is 65.3 Å². The molecule has 0 aromatic carbocycles. The van der Waals surface area contributed by atoms with Gasteiger partial charge in [0.1, 0.15) is 0 Å². The normalized spacial score (nSPS) is 16.8. The second kappa shape index (κ2) is 4.87. The first-order valence-electron chi connectivity index (χ1n) is 2.91. The Morgan fingerprint density at radius 3 is 2.50 bits per heavy atom. The van der Waals surface area contributed by atoms with Crippen LogP contribution >= 0.6 is 11.6 Å². The summed E-state index contributed by atoms with van der Waals surface area (Å²) < 4.78 is 0. The second-order valence-electron chi connectivity index (χ2n) is 2.08. The van der Waals surface area contributed by atoms with Gasteiger partial charge in [-0.05, 0) is 0 Å². The highest BCUT2D eigenvalue weighted by atomic mass is 35.5. The summed E-state index contributed by atoms with van der Waals surface area (Å²) in [6, 6.07) is 0. The van der Waals surface area contributed by atoms with Gasteiger partial charge in [-0.2, -0.15) is 5.48 Å². The molecule has 0 aliphatic carbocycles. The number of rotatable bonds is 5. The standard InChI is InChI=1S/C5H13ClN2O2/c1-10-8-5(2-6,3-7)4-9/h8-9H,2-4,7H2,1H3/t5-/m0/s1. The average molecular weight is 169 g/mol. The van der Waals surface area contributed by atoms with Crippen molar-refractivity contribution in [3.05, 3.63) is 0 Å². The molecule has 0 saturated carbocycles. The highest BCUT2D eigenvalue weighted by Gasteiger charge is 2.26. The van der Waals surface area contributed by atoms with Crippen LogP contribution in [0.3, 0.4) is 0 Å². The minimum atomic E-state index is -0.698. The monoisotopic (exact) mass is 168 g/mol. The van der Waals surface area contributed by atoms with Crippen molar-refractivity contribution in [2.45, 2.75) is 5.54 Å². The molecule has 0 heterocycles. The summed E-state index contributed by atoms with van der Waals surface area (Å²) in [5.41, 5.74) is 7.17. The Morgan fingerprint density at radius 2 is 2.40 bits per heavy atom. The zero-order valence-electron chi connectivity index (χ0n) is 5.93. The predicted octanol–water partition coefficient (Wildman–Crippen LogP) is -0.934. The van der Waals surface area contributed by atoms with Gasteiger partial charge in [-0.1, -0.05) is 0 Å². The van der Waals surface area contributed by atoms with Crippen molar-refractivity contribution in [2.75, 3.05) is 26.1 Å². The predicted molar refractivity (Wildman–Crippen MR) is 39.7 cm³/mol. The van der Waals surface area contributed by atoms with Gasteiger partial charge in [-0.25, -0.2) is 0 Å². The Bertz CT molecular complexity index is 79.5. The van der Waals surface area contributed by atoms with Crippen molar-refractivity contribution in [1.29, 1.82) is 0 Å². The van der Waals surface area contributed by atoms with E-state index in [-0.39, 0.29) is 19.0 Å². The quantitative estimate of drug-likeness (QED) is 0.367. The zero-order chi connectivity index (χ0) is 8.04. The third-order valence-electron chi connectivity index (χ3n) is 1.27. The number of nitrogens with two attached hydrogens (primary N) is 1. The van der Waals surface area contributed by atoms with E-state index < -0.39 is 5.54 Å². The highest BCUT2D eigenvalue weighted by Crippen LogP contribution is 2.03. The molecule has 0 rings (SSSR count). The lowest BCUT2D eigenvalue weighted by molar-refractivity contribution is -0.000334. The zero-order valence-corrected chi connectivity index (χ0v) is 6.69. The van der Waals surface area contributed by atoms with Gasteiger partial charge in [0.25, 0.3) is 0 Å². The van der Waals surface area contributed by atoms with E-state index in [1.807, 2.05) is 0 Å². The number of aliphatic hydroxyl groups excluding tert-OH is 1. The van der Waals surface area contributed by atoms with E-state index in [0.29, 0.717) is 0 Å². The van der Waals surface area contributed by atoms with Crippen LogP contribution < -0.4 is 11.2 Å². The molecule has 4 N–H and O–H groups in total. The molecule has 0 radical (unpaired) electrons. The third kappa shape index (κ3) is 2.40. The van der Waals surface area contributed by atoms with Crippen molar-refractivity contribution in [1.82, 2.24) is 5.48 Å². The van der Waals surface area contributed by atoms with Crippen molar-refractivity contribution < 1.29 is 9.94 Å². The fourth-order valence-corrected chi connectivity index (χ4v) is 0.727. The first kappa shape index (κ1) is 10.1.